The molecule has 0 bridgehead atoms. The van der Waals surface area contributed by atoms with Crippen LogP contribution in [0.5, 0.6) is 0 Å². The van der Waals surface area contributed by atoms with Gasteiger partial charge < -0.3 is 5.32 Å². The molecule has 0 aliphatic carbocycles. The lowest BCUT2D eigenvalue weighted by Crippen LogP contribution is -2.06. The summed E-state index contributed by atoms with van der Waals surface area (Å²) < 4.78 is 0.965. The molecule has 0 unspecified atom stereocenters. The Morgan fingerprint density at radius 2 is 2.16 bits per heavy atom. The van der Waals surface area contributed by atoms with Gasteiger partial charge in [0.15, 0.2) is 0 Å². The molecule has 2 heterocycles. The Labute approximate surface area is 121 Å². The molecule has 4 nitrogen and oxygen atoms in total. The number of hydrogen-bond donors (Lipinski definition) is 1. The molecule has 0 saturated heterocycles. The van der Waals surface area contributed by atoms with Crippen molar-refractivity contribution >= 4 is 21.7 Å². The van der Waals surface area contributed by atoms with E-state index in [1.807, 2.05) is 25.4 Å². The molecule has 0 aliphatic rings. The molecule has 0 radical (unpaired) electrons. The minimum absolute atomic E-state index is 0.701. The van der Waals surface area contributed by atoms with Gasteiger partial charge in [0, 0.05) is 25.9 Å². The predicted octanol–water partition coefficient (Wildman–Crippen LogP) is 3.22. The summed E-state index contributed by atoms with van der Waals surface area (Å²) in [7, 11) is 1.87. The number of anilines is 1. The van der Waals surface area contributed by atoms with E-state index in [0.29, 0.717) is 6.42 Å². The van der Waals surface area contributed by atoms with Gasteiger partial charge in [0.25, 0.3) is 0 Å². The molecule has 0 aromatic carbocycles. The Morgan fingerprint density at radius 1 is 1.32 bits per heavy atom. The molecule has 19 heavy (non-hydrogen) atoms. The number of rotatable bonds is 5. The normalized spacial score (nSPS) is 10.5. The van der Waals surface area contributed by atoms with Crippen molar-refractivity contribution in [1.29, 1.82) is 0 Å². The third kappa shape index (κ3) is 3.50. The summed E-state index contributed by atoms with van der Waals surface area (Å²) in [5.41, 5.74) is 2.18. The molecule has 0 spiro atoms. The maximum atomic E-state index is 4.64. The lowest BCUT2D eigenvalue weighted by molar-refractivity contribution is 0.834. The summed E-state index contributed by atoms with van der Waals surface area (Å²) in [6.45, 7) is 2.15. The minimum atomic E-state index is 0.701. The van der Waals surface area contributed by atoms with Gasteiger partial charge in [0.2, 0.25) is 0 Å². The average molecular weight is 321 g/mol. The van der Waals surface area contributed by atoms with E-state index in [0.717, 1.165) is 40.2 Å². The second kappa shape index (κ2) is 6.61. The van der Waals surface area contributed by atoms with Gasteiger partial charge in [-0.05, 0) is 34.0 Å². The Morgan fingerprint density at radius 3 is 2.79 bits per heavy atom. The van der Waals surface area contributed by atoms with Crippen molar-refractivity contribution in [2.45, 2.75) is 26.2 Å². The van der Waals surface area contributed by atoms with Crippen LogP contribution in [0.25, 0.3) is 0 Å². The summed E-state index contributed by atoms with van der Waals surface area (Å²) in [5, 5.41) is 3.11. The zero-order chi connectivity index (χ0) is 13.7. The van der Waals surface area contributed by atoms with E-state index in [1.54, 1.807) is 6.20 Å². The molecule has 0 fully saturated rings. The van der Waals surface area contributed by atoms with Crippen molar-refractivity contribution < 1.29 is 0 Å². The van der Waals surface area contributed by atoms with Gasteiger partial charge in [-0.25, -0.2) is 9.97 Å². The van der Waals surface area contributed by atoms with E-state index in [2.05, 4.69) is 43.1 Å². The van der Waals surface area contributed by atoms with Crippen molar-refractivity contribution in [2.24, 2.45) is 0 Å². The zero-order valence-corrected chi connectivity index (χ0v) is 12.7. The van der Waals surface area contributed by atoms with Crippen LogP contribution in [0.2, 0.25) is 0 Å². The highest BCUT2D eigenvalue weighted by Crippen LogP contribution is 2.24. The standard InChI is InChI=1S/C14H17BrN4/c1-3-5-11-13(15)14(16-2)19-12(18-11)8-10-6-4-7-17-9-10/h4,6-7,9H,3,5,8H2,1-2H3,(H,16,18,19). The fraction of sp³-hybridized carbons (Fsp3) is 0.357. The molecule has 2 aromatic heterocycles. The molecule has 5 heteroatoms. The maximum Gasteiger partial charge on any atom is 0.144 e. The Balaban J connectivity index is 2.32. The molecular formula is C14H17BrN4. The number of halogens is 1. The monoisotopic (exact) mass is 320 g/mol. The SMILES string of the molecule is CCCc1nc(Cc2cccnc2)nc(NC)c1Br. The van der Waals surface area contributed by atoms with Gasteiger partial charge in [-0.2, -0.15) is 0 Å². The van der Waals surface area contributed by atoms with Crippen molar-refractivity contribution in [3.05, 3.63) is 46.1 Å². The number of aromatic nitrogens is 3. The maximum absolute atomic E-state index is 4.64. The van der Waals surface area contributed by atoms with Gasteiger partial charge in [-0.15, -0.1) is 0 Å². The highest BCUT2D eigenvalue weighted by Gasteiger charge is 2.11. The molecule has 1 N–H and O–H groups in total. The quantitative estimate of drug-likeness (QED) is 0.919. The number of pyridine rings is 1. The minimum Gasteiger partial charge on any atom is -0.372 e. The molecule has 0 aliphatic heterocycles. The van der Waals surface area contributed by atoms with Crippen molar-refractivity contribution in [3.63, 3.8) is 0 Å². The first-order valence-corrected chi connectivity index (χ1v) is 7.15. The average Bonchev–Trinajstić information content (AvgIpc) is 2.43. The van der Waals surface area contributed by atoms with E-state index in [4.69, 9.17) is 0 Å². The number of nitrogens with zero attached hydrogens (tertiary/aromatic N) is 3. The molecule has 0 atom stereocenters. The second-order valence-corrected chi connectivity index (χ2v) is 5.08. The van der Waals surface area contributed by atoms with Crippen LogP contribution in [0.1, 0.15) is 30.4 Å². The highest BCUT2D eigenvalue weighted by atomic mass is 79.9. The highest BCUT2D eigenvalue weighted by molar-refractivity contribution is 9.10. The Hall–Kier alpha value is -1.49. The summed E-state index contributed by atoms with van der Waals surface area (Å²) in [6, 6.07) is 3.97. The lowest BCUT2D eigenvalue weighted by Gasteiger charge is -2.10. The smallest absolute Gasteiger partial charge is 0.144 e. The van der Waals surface area contributed by atoms with E-state index in [1.165, 1.54) is 0 Å². The number of aryl methyl sites for hydroxylation is 1. The van der Waals surface area contributed by atoms with Crippen LogP contribution in [0.4, 0.5) is 5.82 Å². The van der Waals surface area contributed by atoms with Crippen LogP contribution < -0.4 is 5.32 Å². The Bertz CT molecular complexity index is 543. The third-order valence-electron chi connectivity index (χ3n) is 2.77. The van der Waals surface area contributed by atoms with Gasteiger partial charge in [0.1, 0.15) is 11.6 Å². The van der Waals surface area contributed by atoms with Gasteiger partial charge in [0.05, 0.1) is 10.2 Å². The van der Waals surface area contributed by atoms with Crippen LogP contribution in [-0.2, 0) is 12.8 Å². The molecule has 0 saturated carbocycles. The Kier molecular flexibility index (Phi) is 4.85. The molecular weight excluding hydrogens is 304 g/mol. The van der Waals surface area contributed by atoms with E-state index < -0.39 is 0 Å². The van der Waals surface area contributed by atoms with Crippen molar-refractivity contribution in [3.8, 4) is 0 Å². The van der Waals surface area contributed by atoms with Gasteiger partial charge >= 0.3 is 0 Å². The molecule has 0 amide bonds. The largest absolute Gasteiger partial charge is 0.372 e. The first kappa shape index (κ1) is 13.9. The van der Waals surface area contributed by atoms with Crippen LogP contribution in [0.3, 0.4) is 0 Å². The van der Waals surface area contributed by atoms with Gasteiger partial charge in [-0.1, -0.05) is 19.4 Å². The van der Waals surface area contributed by atoms with Gasteiger partial charge in [-0.3, -0.25) is 4.98 Å². The van der Waals surface area contributed by atoms with E-state index >= 15 is 0 Å². The zero-order valence-electron chi connectivity index (χ0n) is 11.2. The first-order valence-electron chi connectivity index (χ1n) is 6.36. The fourth-order valence-corrected chi connectivity index (χ4v) is 2.45. The first-order chi connectivity index (χ1) is 9.24. The molecule has 100 valence electrons. The predicted molar refractivity (Wildman–Crippen MR) is 80.3 cm³/mol. The summed E-state index contributed by atoms with van der Waals surface area (Å²) in [6.07, 6.45) is 6.33. The molecule has 2 aromatic rings. The fourth-order valence-electron chi connectivity index (χ4n) is 1.88. The van der Waals surface area contributed by atoms with Crippen LogP contribution in [-0.4, -0.2) is 22.0 Å². The number of hydrogen-bond acceptors (Lipinski definition) is 4. The van der Waals surface area contributed by atoms with E-state index in [9.17, 15) is 0 Å². The number of nitrogens with one attached hydrogen (secondary N) is 1. The van der Waals surface area contributed by atoms with Crippen molar-refractivity contribution in [2.75, 3.05) is 12.4 Å². The summed E-state index contributed by atoms with van der Waals surface area (Å²) in [5.74, 6) is 1.67. The van der Waals surface area contributed by atoms with Crippen LogP contribution >= 0.6 is 15.9 Å². The summed E-state index contributed by atoms with van der Waals surface area (Å²) in [4.78, 5) is 13.3. The van der Waals surface area contributed by atoms with Crippen molar-refractivity contribution in [1.82, 2.24) is 15.0 Å². The second-order valence-electron chi connectivity index (χ2n) is 4.29. The molecule has 2 rings (SSSR count). The summed E-state index contributed by atoms with van der Waals surface area (Å²) >= 11 is 3.56. The lowest BCUT2D eigenvalue weighted by atomic mass is 10.2. The van der Waals surface area contributed by atoms with Crippen LogP contribution in [0.15, 0.2) is 29.0 Å². The topological polar surface area (TPSA) is 50.7 Å². The third-order valence-corrected chi connectivity index (χ3v) is 3.61. The van der Waals surface area contributed by atoms with Crippen LogP contribution in [0, 0.1) is 0 Å². The van der Waals surface area contributed by atoms with E-state index in [-0.39, 0.29) is 0 Å².